The first-order valence-electron chi connectivity index (χ1n) is 9.88. The van der Waals surface area contributed by atoms with Crippen molar-refractivity contribution in [2.24, 2.45) is 0 Å². The monoisotopic (exact) mass is 407 g/mol. The lowest BCUT2D eigenvalue weighted by atomic mass is 10.1. The molecule has 1 saturated heterocycles. The first-order chi connectivity index (χ1) is 14.2. The summed E-state index contributed by atoms with van der Waals surface area (Å²) in [4.78, 5) is 20.0. The lowest BCUT2D eigenvalue weighted by Crippen LogP contribution is -2.40. The minimum Gasteiger partial charge on any atom is -0.376 e. The van der Waals surface area contributed by atoms with Crippen molar-refractivity contribution >= 4 is 17.2 Å². The second-order valence-electron chi connectivity index (χ2n) is 7.31. The van der Waals surface area contributed by atoms with Crippen molar-refractivity contribution in [3.05, 3.63) is 76.8 Å². The van der Waals surface area contributed by atoms with Gasteiger partial charge in [-0.25, -0.2) is 4.98 Å². The van der Waals surface area contributed by atoms with Gasteiger partial charge in [-0.3, -0.25) is 9.69 Å². The molecule has 1 aromatic heterocycles. The molecule has 2 heterocycles. The minimum absolute atomic E-state index is 0.0860. The number of amides is 1. The minimum atomic E-state index is -0.0860. The van der Waals surface area contributed by atoms with Gasteiger partial charge in [0.25, 0.3) is 5.91 Å². The molecule has 3 aromatic rings. The Bertz CT molecular complexity index is 958. The van der Waals surface area contributed by atoms with Crippen LogP contribution in [0, 0.1) is 0 Å². The third-order valence-electron chi connectivity index (χ3n) is 4.93. The number of rotatable bonds is 6. The number of nitrogens with one attached hydrogen (secondary N) is 1. The maximum Gasteiger partial charge on any atom is 0.263 e. The molecule has 0 radical (unpaired) electrons. The molecule has 1 unspecified atom stereocenters. The molecule has 29 heavy (non-hydrogen) atoms. The summed E-state index contributed by atoms with van der Waals surface area (Å²) in [6.07, 6.45) is 1.93. The van der Waals surface area contributed by atoms with Crippen LogP contribution in [0.15, 0.2) is 60.8 Å². The Hall–Kier alpha value is -2.54. The number of thiazole rings is 1. The van der Waals surface area contributed by atoms with Gasteiger partial charge in [-0.2, -0.15) is 0 Å². The van der Waals surface area contributed by atoms with Gasteiger partial charge >= 0.3 is 0 Å². The second kappa shape index (κ2) is 9.31. The van der Waals surface area contributed by atoms with Crippen molar-refractivity contribution in [3.8, 4) is 10.6 Å². The van der Waals surface area contributed by atoms with E-state index in [0.717, 1.165) is 42.4 Å². The number of aromatic nitrogens is 1. The smallest absolute Gasteiger partial charge is 0.263 e. The Morgan fingerprint density at radius 1 is 1.21 bits per heavy atom. The molecule has 1 N–H and O–H groups in total. The highest BCUT2D eigenvalue weighted by Crippen LogP contribution is 2.24. The Morgan fingerprint density at radius 2 is 2.03 bits per heavy atom. The maximum absolute atomic E-state index is 12.5. The van der Waals surface area contributed by atoms with Gasteiger partial charge in [0.15, 0.2) is 0 Å². The number of morpholine rings is 1. The van der Waals surface area contributed by atoms with Crippen molar-refractivity contribution in [1.29, 1.82) is 0 Å². The van der Waals surface area contributed by atoms with Crippen LogP contribution in [0.3, 0.4) is 0 Å². The molecule has 1 atom stereocenters. The zero-order chi connectivity index (χ0) is 20.1. The van der Waals surface area contributed by atoms with Crippen molar-refractivity contribution in [2.45, 2.75) is 26.1 Å². The van der Waals surface area contributed by atoms with E-state index in [2.05, 4.69) is 40.3 Å². The summed E-state index contributed by atoms with van der Waals surface area (Å²) < 4.78 is 5.61. The van der Waals surface area contributed by atoms with Crippen molar-refractivity contribution in [1.82, 2.24) is 15.2 Å². The van der Waals surface area contributed by atoms with E-state index >= 15 is 0 Å². The van der Waals surface area contributed by atoms with Crippen LogP contribution in [0.1, 0.15) is 27.7 Å². The first-order valence-corrected chi connectivity index (χ1v) is 10.7. The van der Waals surface area contributed by atoms with Crippen LogP contribution >= 0.6 is 11.3 Å². The lowest BCUT2D eigenvalue weighted by Gasteiger charge is -2.31. The van der Waals surface area contributed by atoms with Crippen LogP contribution in [-0.4, -0.2) is 41.6 Å². The van der Waals surface area contributed by atoms with E-state index < -0.39 is 0 Å². The van der Waals surface area contributed by atoms with Gasteiger partial charge in [-0.15, -0.1) is 11.3 Å². The quantitative estimate of drug-likeness (QED) is 0.672. The number of carbonyl (C=O) groups is 1. The number of hydrogen-bond acceptors (Lipinski definition) is 5. The molecular formula is C23H25N3O2S. The number of ether oxygens (including phenoxy) is 1. The fourth-order valence-electron chi connectivity index (χ4n) is 3.49. The van der Waals surface area contributed by atoms with E-state index in [1.807, 2.05) is 36.4 Å². The third kappa shape index (κ3) is 5.29. The molecule has 5 nitrogen and oxygen atoms in total. The maximum atomic E-state index is 12.5. The summed E-state index contributed by atoms with van der Waals surface area (Å²) in [6.45, 7) is 6.23. The standard InChI is InChI=1S/C23H25N3O2S/c1-17-15-26(10-11-28-17)16-19-7-5-6-18(12-19)13-24-22(27)21-14-25-23(29-21)20-8-3-2-4-9-20/h2-9,12,14,17H,10-11,13,15-16H2,1H3,(H,24,27). The van der Waals surface area contributed by atoms with Gasteiger partial charge in [0, 0.05) is 31.7 Å². The molecule has 1 aliphatic heterocycles. The molecule has 6 heteroatoms. The molecule has 0 aliphatic carbocycles. The zero-order valence-corrected chi connectivity index (χ0v) is 17.3. The second-order valence-corrected chi connectivity index (χ2v) is 8.35. The average Bonchev–Trinajstić information content (AvgIpc) is 3.23. The Labute approximate surface area is 175 Å². The number of carbonyl (C=O) groups excluding carboxylic acids is 1. The highest BCUT2D eigenvalue weighted by molar-refractivity contribution is 7.16. The Balaban J connectivity index is 1.34. The van der Waals surface area contributed by atoms with Gasteiger partial charge in [0.1, 0.15) is 9.88 Å². The normalized spacial score (nSPS) is 17.2. The topological polar surface area (TPSA) is 54.5 Å². The molecule has 1 aliphatic rings. The fraction of sp³-hybridized carbons (Fsp3) is 0.304. The molecule has 0 saturated carbocycles. The van der Waals surface area contributed by atoms with Gasteiger partial charge in [0.2, 0.25) is 0 Å². The SMILES string of the molecule is CC1CN(Cc2cccc(CNC(=O)c3cnc(-c4ccccc4)s3)c2)CCO1. The van der Waals surface area contributed by atoms with Gasteiger partial charge in [0.05, 0.1) is 18.9 Å². The van der Waals surface area contributed by atoms with Crippen molar-refractivity contribution in [3.63, 3.8) is 0 Å². The third-order valence-corrected chi connectivity index (χ3v) is 5.97. The van der Waals surface area contributed by atoms with E-state index in [1.54, 1.807) is 6.20 Å². The van der Waals surface area contributed by atoms with E-state index in [1.165, 1.54) is 16.9 Å². The summed E-state index contributed by atoms with van der Waals surface area (Å²) in [5, 5.41) is 3.87. The van der Waals surface area contributed by atoms with Crippen LogP contribution < -0.4 is 5.32 Å². The number of hydrogen-bond donors (Lipinski definition) is 1. The van der Waals surface area contributed by atoms with Gasteiger partial charge in [-0.1, -0.05) is 54.6 Å². The van der Waals surface area contributed by atoms with Gasteiger partial charge in [-0.05, 0) is 18.1 Å². The summed E-state index contributed by atoms with van der Waals surface area (Å²) in [5.41, 5.74) is 3.39. The molecule has 4 rings (SSSR count). The zero-order valence-electron chi connectivity index (χ0n) is 16.5. The Kier molecular flexibility index (Phi) is 6.34. The fourth-order valence-corrected chi connectivity index (χ4v) is 4.33. The predicted molar refractivity (Wildman–Crippen MR) is 116 cm³/mol. The van der Waals surface area contributed by atoms with Crippen molar-refractivity contribution < 1.29 is 9.53 Å². The summed E-state index contributed by atoms with van der Waals surface area (Å²) in [6, 6.07) is 18.3. The Morgan fingerprint density at radius 3 is 2.86 bits per heavy atom. The number of benzene rings is 2. The van der Waals surface area contributed by atoms with Crippen LogP contribution in [0.2, 0.25) is 0 Å². The van der Waals surface area contributed by atoms with Crippen LogP contribution in [0.5, 0.6) is 0 Å². The summed E-state index contributed by atoms with van der Waals surface area (Å²) >= 11 is 1.41. The summed E-state index contributed by atoms with van der Waals surface area (Å²) in [7, 11) is 0. The van der Waals surface area contributed by atoms with Crippen LogP contribution in [0.4, 0.5) is 0 Å². The summed E-state index contributed by atoms with van der Waals surface area (Å²) in [5.74, 6) is -0.0860. The van der Waals surface area contributed by atoms with Crippen LogP contribution in [0.25, 0.3) is 10.6 Å². The highest BCUT2D eigenvalue weighted by Gasteiger charge is 2.17. The molecule has 1 fully saturated rings. The van der Waals surface area contributed by atoms with E-state index in [0.29, 0.717) is 11.4 Å². The molecule has 2 aromatic carbocycles. The predicted octanol–water partition coefficient (Wildman–Crippen LogP) is 3.96. The largest absolute Gasteiger partial charge is 0.376 e. The molecule has 150 valence electrons. The molecule has 0 bridgehead atoms. The lowest BCUT2D eigenvalue weighted by molar-refractivity contribution is -0.0212. The van der Waals surface area contributed by atoms with E-state index in [-0.39, 0.29) is 12.0 Å². The van der Waals surface area contributed by atoms with Gasteiger partial charge < -0.3 is 10.1 Å². The van der Waals surface area contributed by atoms with Crippen molar-refractivity contribution in [2.75, 3.05) is 19.7 Å². The molecule has 0 spiro atoms. The molecule has 1 amide bonds. The molecular weight excluding hydrogens is 382 g/mol. The first kappa shape index (κ1) is 19.8. The van der Waals surface area contributed by atoms with E-state index in [4.69, 9.17) is 4.74 Å². The highest BCUT2D eigenvalue weighted by atomic mass is 32.1. The van der Waals surface area contributed by atoms with Crippen LogP contribution in [-0.2, 0) is 17.8 Å². The van der Waals surface area contributed by atoms with E-state index in [9.17, 15) is 4.79 Å². The number of nitrogens with zero attached hydrogens (tertiary/aromatic N) is 2. The average molecular weight is 408 g/mol.